The Bertz CT molecular complexity index is 913. The van der Waals surface area contributed by atoms with Crippen LogP contribution >= 0.6 is 0 Å². The molecule has 0 saturated heterocycles. The lowest BCUT2D eigenvalue weighted by Crippen LogP contribution is -2.29. The number of amides is 1. The second-order valence-electron chi connectivity index (χ2n) is 5.57. The van der Waals surface area contributed by atoms with Crippen LogP contribution in [0.15, 0.2) is 65.8 Å². The summed E-state index contributed by atoms with van der Waals surface area (Å²) in [6.45, 7) is 1.92. The van der Waals surface area contributed by atoms with Crippen LogP contribution in [0.2, 0.25) is 0 Å². The fourth-order valence-corrected chi connectivity index (χ4v) is 2.56. The largest absolute Gasteiger partial charge is 0.345 e. The van der Waals surface area contributed by atoms with Crippen LogP contribution in [0.3, 0.4) is 0 Å². The monoisotopic (exact) mass is 322 g/mol. The maximum Gasteiger partial charge on any atom is 0.253 e. The second kappa shape index (κ2) is 6.54. The van der Waals surface area contributed by atoms with Crippen molar-refractivity contribution in [2.75, 3.05) is 0 Å². The molecule has 0 aliphatic rings. The summed E-state index contributed by atoms with van der Waals surface area (Å²) in [7, 11) is 1.62. The van der Waals surface area contributed by atoms with Crippen LogP contribution in [0.1, 0.15) is 28.9 Å². The van der Waals surface area contributed by atoms with Crippen LogP contribution < -0.4 is 10.9 Å². The molecule has 2 heterocycles. The molecule has 1 amide bonds. The predicted octanol–water partition coefficient (Wildman–Crippen LogP) is 2.06. The zero-order valence-corrected chi connectivity index (χ0v) is 13.5. The Morgan fingerprint density at radius 3 is 2.67 bits per heavy atom. The van der Waals surface area contributed by atoms with E-state index in [1.165, 1.54) is 22.9 Å². The zero-order valence-electron chi connectivity index (χ0n) is 13.5. The van der Waals surface area contributed by atoms with E-state index >= 15 is 0 Å². The first-order valence-corrected chi connectivity index (χ1v) is 7.63. The molecule has 0 unspecified atom stereocenters. The number of para-hydroxylation sites is 1. The fraction of sp³-hybridized carbons (Fsp3) is 0.167. The maximum atomic E-state index is 12.4. The van der Waals surface area contributed by atoms with E-state index in [9.17, 15) is 9.59 Å². The van der Waals surface area contributed by atoms with Gasteiger partial charge in [-0.3, -0.25) is 9.59 Å². The number of rotatable bonds is 4. The van der Waals surface area contributed by atoms with E-state index in [1.54, 1.807) is 17.9 Å². The Balaban J connectivity index is 1.85. The molecule has 1 atom stereocenters. The molecule has 0 aliphatic heterocycles. The Kier molecular flexibility index (Phi) is 4.29. The molecular weight excluding hydrogens is 304 g/mol. The maximum absolute atomic E-state index is 12.4. The smallest absolute Gasteiger partial charge is 0.253 e. The first kappa shape index (κ1) is 15.7. The molecule has 3 rings (SSSR count). The summed E-state index contributed by atoms with van der Waals surface area (Å²) in [5.74, 6) is -0.228. The summed E-state index contributed by atoms with van der Waals surface area (Å²) in [4.78, 5) is 23.9. The molecular formula is C18H18N4O2. The third-order valence-electron chi connectivity index (χ3n) is 3.85. The highest BCUT2D eigenvalue weighted by Gasteiger charge is 2.15. The standard InChI is InChI=1S/C18H18N4O2/c1-13(20-18(24)14-8-9-17(23)21(2)12-14)15-6-3-4-7-16(15)22-11-5-10-19-22/h3-13H,1-2H3,(H,20,24)/t13-/m0/s1. The van der Waals surface area contributed by atoms with Gasteiger partial charge in [-0.25, -0.2) is 4.68 Å². The van der Waals surface area contributed by atoms with Gasteiger partial charge in [-0.2, -0.15) is 5.10 Å². The number of aryl methyl sites for hydroxylation is 1. The molecule has 1 N–H and O–H groups in total. The summed E-state index contributed by atoms with van der Waals surface area (Å²) in [5, 5.41) is 7.22. The molecule has 2 aromatic heterocycles. The van der Waals surface area contributed by atoms with Crippen molar-refractivity contribution in [3.63, 3.8) is 0 Å². The Labute approximate surface area is 139 Å². The van der Waals surface area contributed by atoms with E-state index < -0.39 is 0 Å². The van der Waals surface area contributed by atoms with Crippen molar-refractivity contribution in [1.29, 1.82) is 0 Å². The lowest BCUT2D eigenvalue weighted by atomic mass is 10.1. The number of aromatic nitrogens is 3. The van der Waals surface area contributed by atoms with E-state index in [4.69, 9.17) is 0 Å². The SMILES string of the molecule is C[C@H](NC(=O)c1ccc(=O)n(C)c1)c1ccccc1-n1cccn1. The summed E-state index contributed by atoms with van der Waals surface area (Å²) < 4.78 is 3.15. The molecule has 122 valence electrons. The van der Waals surface area contributed by atoms with Crippen LogP contribution in [-0.4, -0.2) is 20.3 Å². The van der Waals surface area contributed by atoms with E-state index in [2.05, 4.69) is 10.4 Å². The predicted molar refractivity (Wildman–Crippen MR) is 91.1 cm³/mol. The van der Waals surface area contributed by atoms with E-state index in [-0.39, 0.29) is 17.5 Å². The molecule has 24 heavy (non-hydrogen) atoms. The number of pyridine rings is 1. The first-order chi connectivity index (χ1) is 11.6. The van der Waals surface area contributed by atoms with Gasteiger partial charge in [0.2, 0.25) is 5.56 Å². The summed E-state index contributed by atoms with van der Waals surface area (Å²) in [6, 6.07) is 12.3. The molecule has 0 bridgehead atoms. The van der Waals surface area contributed by atoms with Crippen molar-refractivity contribution in [3.8, 4) is 5.69 Å². The highest BCUT2D eigenvalue weighted by Crippen LogP contribution is 2.21. The Hall–Kier alpha value is -3.15. The average molecular weight is 322 g/mol. The van der Waals surface area contributed by atoms with Crippen LogP contribution in [0.25, 0.3) is 5.69 Å². The fourth-order valence-electron chi connectivity index (χ4n) is 2.56. The summed E-state index contributed by atoms with van der Waals surface area (Å²) in [6.07, 6.45) is 5.11. The highest BCUT2D eigenvalue weighted by atomic mass is 16.2. The van der Waals surface area contributed by atoms with Crippen molar-refractivity contribution >= 4 is 5.91 Å². The van der Waals surface area contributed by atoms with E-state index in [0.29, 0.717) is 5.56 Å². The Morgan fingerprint density at radius 1 is 1.17 bits per heavy atom. The van der Waals surface area contributed by atoms with E-state index in [1.807, 2.05) is 43.5 Å². The minimum Gasteiger partial charge on any atom is -0.345 e. The van der Waals surface area contributed by atoms with Crippen molar-refractivity contribution in [2.24, 2.45) is 7.05 Å². The van der Waals surface area contributed by atoms with Crippen LogP contribution in [0.4, 0.5) is 0 Å². The van der Waals surface area contributed by atoms with E-state index in [0.717, 1.165) is 11.3 Å². The van der Waals surface area contributed by atoms with Crippen molar-refractivity contribution in [2.45, 2.75) is 13.0 Å². The number of hydrogen-bond acceptors (Lipinski definition) is 3. The quantitative estimate of drug-likeness (QED) is 0.799. The molecule has 0 fully saturated rings. The number of carbonyl (C=O) groups excluding carboxylic acids is 1. The van der Waals surface area contributed by atoms with Gasteiger partial charge in [-0.05, 0) is 30.7 Å². The topological polar surface area (TPSA) is 68.9 Å². The lowest BCUT2D eigenvalue weighted by Gasteiger charge is -2.18. The van der Waals surface area contributed by atoms with Crippen molar-refractivity contribution in [1.82, 2.24) is 19.7 Å². The second-order valence-corrected chi connectivity index (χ2v) is 5.57. The van der Waals surface area contributed by atoms with Gasteiger partial charge in [-0.15, -0.1) is 0 Å². The lowest BCUT2D eigenvalue weighted by molar-refractivity contribution is 0.0939. The third kappa shape index (κ3) is 3.12. The van der Waals surface area contributed by atoms with Crippen LogP contribution in [-0.2, 0) is 7.05 Å². The van der Waals surface area contributed by atoms with Gasteiger partial charge in [-0.1, -0.05) is 18.2 Å². The molecule has 6 heteroatoms. The number of nitrogens with one attached hydrogen (secondary N) is 1. The number of benzene rings is 1. The zero-order chi connectivity index (χ0) is 17.1. The van der Waals surface area contributed by atoms with Gasteiger partial charge in [0.25, 0.3) is 5.91 Å². The number of hydrogen-bond donors (Lipinski definition) is 1. The average Bonchev–Trinajstić information content (AvgIpc) is 3.11. The van der Waals surface area contributed by atoms with Crippen molar-refractivity contribution < 1.29 is 4.79 Å². The number of nitrogens with zero attached hydrogens (tertiary/aromatic N) is 3. The van der Waals surface area contributed by atoms with Gasteiger partial charge >= 0.3 is 0 Å². The molecule has 0 saturated carbocycles. The van der Waals surface area contributed by atoms with Crippen LogP contribution in [0.5, 0.6) is 0 Å². The van der Waals surface area contributed by atoms with Gasteiger partial charge < -0.3 is 9.88 Å². The normalized spacial score (nSPS) is 11.9. The van der Waals surface area contributed by atoms with Gasteiger partial charge in [0.05, 0.1) is 17.3 Å². The van der Waals surface area contributed by atoms with Gasteiger partial charge in [0.15, 0.2) is 0 Å². The highest BCUT2D eigenvalue weighted by molar-refractivity contribution is 5.94. The first-order valence-electron chi connectivity index (χ1n) is 7.63. The Morgan fingerprint density at radius 2 is 1.96 bits per heavy atom. The molecule has 3 aromatic rings. The minimum absolute atomic E-state index is 0.149. The molecule has 0 aliphatic carbocycles. The molecule has 6 nitrogen and oxygen atoms in total. The molecule has 0 radical (unpaired) electrons. The van der Waals surface area contributed by atoms with Crippen LogP contribution in [0, 0.1) is 0 Å². The van der Waals surface area contributed by atoms with Crippen molar-refractivity contribution in [3.05, 3.63) is 82.5 Å². The molecule has 0 spiro atoms. The van der Waals surface area contributed by atoms with Gasteiger partial charge in [0.1, 0.15) is 0 Å². The van der Waals surface area contributed by atoms with Gasteiger partial charge in [0, 0.05) is 31.7 Å². The summed E-state index contributed by atoms with van der Waals surface area (Å²) >= 11 is 0. The summed E-state index contributed by atoms with van der Waals surface area (Å²) in [5.41, 5.74) is 2.17. The number of carbonyl (C=O) groups is 1. The minimum atomic E-state index is -0.228. The third-order valence-corrected chi connectivity index (χ3v) is 3.85. The molecule has 1 aromatic carbocycles.